The molecule has 2 amide bonds. The van der Waals surface area contributed by atoms with Crippen molar-refractivity contribution in [3.8, 4) is 11.5 Å². The molecule has 5 nitrogen and oxygen atoms in total. The fourth-order valence-corrected chi connectivity index (χ4v) is 2.20. The summed E-state index contributed by atoms with van der Waals surface area (Å²) in [5, 5.41) is 5.67. The Hall–Kier alpha value is -2.69. The van der Waals surface area contributed by atoms with Crippen molar-refractivity contribution >= 4 is 6.03 Å². The van der Waals surface area contributed by atoms with Gasteiger partial charge in [0.05, 0.1) is 14.2 Å². The average Bonchev–Trinajstić information content (AvgIpc) is 2.60. The summed E-state index contributed by atoms with van der Waals surface area (Å²) < 4.78 is 10.4. The number of rotatable bonds is 7. The molecule has 0 aromatic heterocycles. The quantitative estimate of drug-likeness (QED) is 0.826. The fraction of sp³-hybridized carbons (Fsp3) is 0.278. The molecule has 0 unspecified atom stereocenters. The van der Waals surface area contributed by atoms with Crippen LogP contribution in [0.2, 0.25) is 0 Å². The number of nitrogens with one attached hydrogen (secondary N) is 2. The smallest absolute Gasteiger partial charge is 0.315 e. The molecule has 2 N–H and O–H groups in total. The number of benzene rings is 2. The fourth-order valence-electron chi connectivity index (χ4n) is 2.20. The largest absolute Gasteiger partial charge is 0.493 e. The second kappa shape index (κ2) is 8.68. The molecule has 0 saturated carbocycles. The molecule has 2 aromatic carbocycles. The molecule has 0 saturated heterocycles. The molecular formula is C18H22N2O3. The molecule has 23 heavy (non-hydrogen) atoms. The first-order valence-electron chi connectivity index (χ1n) is 7.49. The minimum absolute atomic E-state index is 0.185. The summed E-state index contributed by atoms with van der Waals surface area (Å²) in [6, 6.07) is 15.4. The number of amides is 2. The number of carbonyl (C=O) groups excluding carboxylic acids is 1. The Bertz CT molecular complexity index is 629. The van der Waals surface area contributed by atoms with Gasteiger partial charge >= 0.3 is 6.03 Å². The highest BCUT2D eigenvalue weighted by molar-refractivity contribution is 5.73. The van der Waals surface area contributed by atoms with E-state index in [9.17, 15) is 4.79 Å². The van der Waals surface area contributed by atoms with Gasteiger partial charge in [-0.15, -0.1) is 0 Å². The summed E-state index contributed by atoms with van der Waals surface area (Å²) in [4.78, 5) is 11.8. The Labute approximate surface area is 136 Å². The van der Waals surface area contributed by atoms with E-state index < -0.39 is 0 Å². The third kappa shape index (κ3) is 5.21. The lowest BCUT2D eigenvalue weighted by molar-refractivity contribution is 0.240. The van der Waals surface area contributed by atoms with Crippen LogP contribution in [-0.2, 0) is 13.0 Å². The zero-order valence-electron chi connectivity index (χ0n) is 13.5. The second-order valence-corrected chi connectivity index (χ2v) is 5.03. The van der Waals surface area contributed by atoms with Crippen LogP contribution in [-0.4, -0.2) is 26.8 Å². The molecule has 0 atom stereocenters. The van der Waals surface area contributed by atoms with Crippen molar-refractivity contribution < 1.29 is 14.3 Å². The van der Waals surface area contributed by atoms with E-state index >= 15 is 0 Å². The second-order valence-electron chi connectivity index (χ2n) is 5.03. The highest BCUT2D eigenvalue weighted by Gasteiger charge is 2.06. The van der Waals surface area contributed by atoms with Crippen LogP contribution in [0.1, 0.15) is 11.1 Å². The molecule has 0 aliphatic carbocycles. The third-order valence-corrected chi connectivity index (χ3v) is 3.44. The van der Waals surface area contributed by atoms with Gasteiger partial charge in [-0.3, -0.25) is 0 Å². The number of urea groups is 1. The van der Waals surface area contributed by atoms with Crippen molar-refractivity contribution in [1.29, 1.82) is 0 Å². The van der Waals surface area contributed by atoms with Gasteiger partial charge in [0.25, 0.3) is 0 Å². The van der Waals surface area contributed by atoms with Crippen LogP contribution in [0.15, 0.2) is 48.5 Å². The highest BCUT2D eigenvalue weighted by atomic mass is 16.5. The number of carbonyl (C=O) groups is 1. The maximum Gasteiger partial charge on any atom is 0.315 e. The van der Waals surface area contributed by atoms with Gasteiger partial charge in [0, 0.05) is 13.1 Å². The molecule has 0 radical (unpaired) electrons. The van der Waals surface area contributed by atoms with Crippen molar-refractivity contribution in [2.45, 2.75) is 13.0 Å². The highest BCUT2D eigenvalue weighted by Crippen LogP contribution is 2.27. The van der Waals surface area contributed by atoms with Crippen molar-refractivity contribution in [2.24, 2.45) is 0 Å². The van der Waals surface area contributed by atoms with Gasteiger partial charge < -0.3 is 20.1 Å². The summed E-state index contributed by atoms with van der Waals surface area (Å²) in [5.41, 5.74) is 2.15. The summed E-state index contributed by atoms with van der Waals surface area (Å²) in [5.74, 6) is 1.32. The van der Waals surface area contributed by atoms with E-state index in [1.807, 2.05) is 48.5 Å². The predicted octanol–water partition coefficient (Wildman–Crippen LogP) is 2.75. The number of hydrogen-bond acceptors (Lipinski definition) is 3. The van der Waals surface area contributed by atoms with E-state index in [2.05, 4.69) is 10.6 Å². The number of methoxy groups -OCH3 is 2. The summed E-state index contributed by atoms with van der Waals surface area (Å²) in [6.45, 7) is 1.03. The molecule has 5 heteroatoms. The van der Waals surface area contributed by atoms with E-state index in [0.717, 1.165) is 12.0 Å². The number of ether oxygens (including phenoxy) is 2. The molecule has 2 rings (SSSR count). The molecule has 0 aliphatic rings. The molecular weight excluding hydrogens is 292 g/mol. The van der Waals surface area contributed by atoms with Crippen molar-refractivity contribution in [3.63, 3.8) is 0 Å². The Morgan fingerprint density at radius 2 is 1.65 bits per heavy atom. The summed E-state index contributed by atoms with van der Waals surface area (Å²) >= 11 is 0. The van der Waals surface area contributed by atoms with Gasteiger partial charge in [0.1, 0.15) is 0 Å². The van der Waals surface area contributed by atoms with Crippen LogP contribution in [0, 0.1) is 0 Å². The molecule has 2 aromatic rings. The van der Waals surface area contributed by atoms with Crippen LogP contribution in [0.5, 0.6) is 11.5 Å². The lowest BCUT2D eigenvalue weighted by Crippen LogP contribution is -2.36. The molecule has 122 valence electrons. The molecule has 0 bridgehead atoms. The summed E-state index contributed by atoms with van der Waals surface area (Å²) in [7, 11) is 3.18. The third-order valence-electron chi connectivity index (χ3n) is 3.44. The normalized spacial score (nSPS) is 10.0. The van der Waals surface area contributed by atoms with Gasteiger partial charge in [-0.05, 0) is 29.7 Å². The monoisotopic (exact) mass is 314 g/mol. The SMILES string of the molecule is COc1ccc(CNC(=O)NCCc2ccccc2)cc1OC. The van der Waals surface area contributed by atoms with Crippen LogP contribution >= 0.6 is 0 Å². The lowest BCUT2D eigenvalue weighted by Gasteiger charge is -2.11. The first kappa shape index (κ1) is 16.7. The van der Waals surface area contributed by atoms with E-state index in [1.165, 1.54) is 5.56 Å². The molecule has 0 fully saturated rings. The topological polar surface area (TPSA) is 59.6 Å². The molecule has 0 spiro atoms. The van der Waals surface area contributed by atoms with E-state index in [4.69, 9.17) is 9.47 Å². The van der Waals surface area contributed by atoms with Gasteiger partial charge in [-0.2, -0.15) is 0 Å². The lowest BCUT2D eigenvalue weighted by atomic mass is 10.1. The minimum Gasteiger partial charge on any atom is -0.493 e. The standard InChI is InChI=1S/C18H22N2O3/c1-22-16-9-8-15(12-17(16)23-2)13-20-18(21)19-11-10-14-6-4-3-5-7-14/h3-9,12H,10-11,13H2,1-2H3,(H2,19,20,21). The van der Waals surface area contributed by atoms with Gasteiger partial charge in [-0.1, -0.05) is 36.4 Å². The summed E-state index contributed by atoms with van der Waals surface area (Å²) in [6.07, 6.45) is 0.810. The Morgan fingerprint density at radius 1 is 0.913 bits per heavy atom. The van der Waals surface area contributed by atoms with Gasteiger partial charge in [0.15, 0.2) is 11.5 Å². The Kier molecular flexibility index (Phi) is 6.29. The Balaban J connectivity index is 1.76. The van der Waals surface area contributed by atoms with E-state index in [-0.39, 0.29) is 6.03 Å². The minimum atomic E-state index is -0.185. The maximum atomic E-state index is 11.8. The Morgan fingerprint density at radius 3 is 2.35 bits per heavy atom. The zero-order chi connectivity index (χ0) is 16.5. The number of hydrogen-bond donors (Lipinski definition) is 2. The first-order chi connectivity index (χ1) is 11.2. The van der Waals surface area contributed by atoms with Crippen molar-refractivity contribution in [1.82, 2.24) is 10.6 Å². The van der Waals surface area contributed by atoms with Crippen LogP contribution in [0.3, 0.4) is 0 Å². The first-order valence-corrected chi connectivity index (χ1v) is 7.49. The predicted molar refractivity (Wildman–Crippen MR) is 89.9 cm³/mol. The van der Waals surface area contributed by atoms with Crippen LogP contribution < -0.4 is 20.1 Å². The van der Waals surface area contributed by atoms with Gasteiger partial charge in [0.2, 0.25) is 0 Å². The van der Waals surface area contributed by atoms with Crippen molar-refractivity contribution in [2.75, 3.05) is 20.8 Å². The van der Waals surface area contributed by atoms with Crippen LogP contribution in [0.4, 0.5) is 4.79 Å². The maximum absolute atomic E-state index is 11.8. The molecule has 0 heterocycles. The van der Waals surface area contributed by atoms with E-state index in [1.54, 1.807) is 14.2 Å². The zero-order valence-corrected chi connectivity index (χ0v) is 13.5. The average molecular weight is 314 g/mol. The van der Waals surface area contributed by atoms with E-state index in [0.29, 0.717) is 24.6 Å². The van der Waals surface area contributed by atoms with Crippen molar-refractivity contribution in [3.05, 3.63) is 59.7 Å². The molecule has 0 aliphatic heterocycles. The van der Waals surface area contributed by atoms with Gasteiger partial charge in [-0.25, -0.2) is 4.79 Å². The van der Waals surface area contributed by atoms with Crippen LogP contribution in [0.25, 0.3) is 0 Å².